The number of carbonyl (C=O) groups is 1. The van der Waals surface area contributed by atoms with E-state index < -0.39 is 15.6 Å². The summed E-state index contributed by atoms with van der Waals surface area (Å²) in [6.07, 6.45) is 0. The number of aryl methyl sites for hydroxylation is 1. The average molecular weight is 387 g/mol. The molecule has 1 amide bonds. The Balaban J connectivity index is 3.20. The summed E-state index contributed by atoms with van der Waals surface area (Å²) >= 11 is 0. The van der Waals surface area contributed by atoms with Gasteiger partial charge in [0, 0.05) is 38.4 Å². The summed E-state index contributed by atoms with van der Waals surface area (Å²) in [7, 11) is -0.590. The minimum absolute atomic E-state index is 0.0693. The maximum Gasteiger partial charge on any atom is 0.254 e. The van der Waals surface area contributed by atoms with Gasteiger partial charge in [-0.2, -0.15) is 0 Å². The Hall–Kier alpha value is -1.48. The lowest BCUT2D eigenvalue weighted by Crippen LogP contribution is -2.40. The summed E-state index contributed by atoms with van der Waals surface area (Å²) in [6.45, 7) is 8.65. The first-order chi connectivity index (χ1) is 12.0. The first kappa shape index (κ1) is 22.6. The average Bonchev–Trinajstić information content (AvgIpc) is 2.52. The van der Waals surface area contributed by atoms with Crippen LogP contribution >= 0.6 is 0 Å². The molecule has 0 unspecified atom stereocenters. The summed E-state index contributed by atoms with van der Waals surface area (Å²) < 4.78 is 37.9. The van der Waals surface area contributed by atoms with E-state index in [1.807, 2.05) is 0 Å². The number of ether oxygens (including phenoxy) is 2. The van der Waals surface area contributed by atoms with E-state index in [2.05, 4.69) is 4.72 Å². The van der Waals surface area contributed by atoms with Gasteiger partial charge in [0.2, 0.25) is 10.0 Å². The molecule has 0 aromatic heterocycles. The van der Waals surface area contributed by atoms with Gasteiger partial charge >= 0.3 is 0 Å². The Labute approximate surface area is 156 Å². The van der Waals surface area contributed by atoms with Gasteiger partial charge in [-0.15, -0.1) is 0 Å². The number of sulfonamides is 1. The van der Waals surface area contributed by atoms with Gasteiger partial charge < -0.3 is 14.4 Å². The second kappa shape index (κ2) is 9.45. The van der Waals surface area contributed by atoms with E-state index in [1.165, 1.54) is 12.1 Å². The molecule has 0 fully saturated rings. The highest BCUT2D eigenvalue weighted by molar-refractivity contribution is 7.89. The van der Waals surface area contributed by atoms with Crippen LogP contribution in [0.3, 0.4) is 0 Å². The molecular formula is C18H30N2O5S. The third-order valence-corrected chi connectivity index (χ3v) is 5.36. The molecule has 0 saturated heterocycles. The molecular weight excluding hydrogens is 356 g/mol. The number of methoxy groups -OCH3 is 2. The molecule has 0 aliphatic rings. The van der Waals surface area contributed by atoms with Gasteiger partial charge in [-0.25, -0.2) is 13.1 Å². The number of hydrogen-bond acceptors (Lipinski definition) is 5. The molecule has 7 nitrogen and oxygen atoms in total. The first-order valence-corrected chi connectivity index (χ1v) is 9.92. The molecule has 0 spiro atoms. The lowest BCUT2D eigenvalue weighted by Gasteiger charge is -2.24. The van der Waals surface area contributed by atoms with Crippen molar-refractivity contribution in [3.8, 4) is 0 Å². The van der Waals surface area contributed by atoms with E-state index in [0.29, 0.717) is 37.4 Å². The summed E-state index contributed by atoms with van der Waals surface area (Å²) in [5.41, 5.74) is 0.454. The molecule has 0 saturated carbocycles. The summed E-state index contributed by atoms with van der Waals surface area (Å²) in [5.74, 6) is -0.246. The zero-order valence-electron chi connectivity index (χ0n) is 16.5. The fourth-order valence-electron chi connectivity index (χ4n) is 2.35. The molecule has 0 aliphatic heterocycles. The lowest BCUT2D eigenvalue weighted by atomic mass is 10.1. The highest BCUT2D eigenvalue weighted by Gasteiger charge is 2.25. The molecule has 0 bridgehead atoms. The third kappa shape index (κ3) is 6.68. The van der Waals surface area contributed by atoms with Crippen LogP contribution < -0.4 is 4.72 Å². The van der Waals surface area contributed by atoms with Crippen LogP contribution in [0.25, 0.3) is 0 Å². The first-order valence-electron chi connectivity index (χ1n) is 8.43. The van der Waals surface area contributed by atoms with E-state index in [1.54, 1.807) is 52.9 Å². The summed E-state index contributed by atoms with van der Waals surface area (Å²) in [4.78, 5) is 14.6. The van der Waals surface area contributed by atoms with Crippen molar-refractivity contribution in [2.45, 2.75) is 38.1 Å². The Morgan fingerprint density at radius 3 is 2.12 bits per heavy atom. The fourth-order valence-corrected chi connectivity index (χ4v) is 3.79. The summed E-state index contributed by atoms with van der Waals surface area (Å²) in [5, 5.41) is 0. The molecule has 1 N–H and O–H groups in total. The van der Waals surface area contributed by atoms with Crippen LogP contribution in [0.1, 0.15) is 36.7 Å². The predicted molar refractivity (Wildman–Crippen MR) is 101 cm³/mol. The molecule has 1 aromatic carbocycles. The van der Waals surface area contributed by atoms with E-state index in [9.17, 15) is 13.2 Å². The summed E-state index contributed by atoms with van der Waals surface area (Å²) in [6, 6.07) is 4.59. The number of amides is 1. The van der Waals surface area contributed by atoms with Crippen LogP contribution in [0.2, 0.25) is 0 Å². The van der Waals surface area contributed by atoms with Crippen molar-refractivity contribution in [1.82, 2.24) is 9.62 Å². The molecule has 26 heavy (non-hydrogen) atoms. The van der Waals surface area contributed by atoms with E-state index in [0.717, 1.165) is 0 Å². The molecule has 0 atom stereocenters. The molecule has 1 rings (SSSR count). The monoisotopic (exact) mass is 386 g/mol. The van der Waals surface area contributed by atoms with Crippen molar-refractivity contribution in [2.24, 2.45) is 0 Å². The molecule has 8 heteroatoms. The number of benzene rings is 1. The molecule has 148 valence electrons. The van der Waals surface area contributed by atoms with Crippen molar-refractivity contribution in [3.05, 3.63) is 29.3 Å². The Morgan fingerprint density at radius 1 is 1.12 bits per heavy atom. The molecule has 0 heterocycles. The van der Waals surface area contributed by atoms with Crippen molar-refractivity contribution < 1.29 is 22.7 Å². The van der Waals surface area contributed by atoms with Crippen LogP contribution in [-0.4, -0.2) is 65.3 Å². The Bertz CT molecular complexity index is 703. The maximum absolute atomic E-state index is 12.9. The zero-order chi connectivity index (χ0) is 20.0. The van der Waals surface area contributed by atoms with Crippen molar-refractivity contribution >= 4 is 15.9 Å². The molecule has 0 aliphatic carbocycles. The largest absolute Gasteiger partial charge is 0.383 e. The van der Waals surface area contributed by atoms with Crippen LogP contribution in [0.15, 0.2) is 23.1 Å². The third-order valence-electron chi connectivity index (χ3n) is 3.61. The van der Waals surface area contributed by atoms with Crippen LogP contribution in [0, 0.1) is 6.92 Å². The predicted octanol–water partition coefficient (Wildman–Crippen LogP) is 1.81. The second-order valence-corrected chi connectivity index (χ2v) is 8.79. The number of nitrogens with zero attached hydrogens (tertiary/aromatic N) is 1. The quantitative estimate of drug-likeness (QED) is 0.700. The van der Waals surface area contributed by atoms with E-state index in [-0.39, 0.29) is 10.8 Å². The highest BCUT2D eigenvalue weighted by Crippen LogP contribution is 2.19. The number of rotatable bonds is 9. The zero-order valence-corrected chi connectivity index (χ0v) is 17.3. The fraction of sp³-hybridized carbons (Fsp3) is 0.611. The van der Waals surface area contributed by atoms with Crippen LogP contribution in [0.5, 0.6) is 0 Å². The highest BCUT2D eigenvalue weighted by atomic mass is 32.2. The smallest absolute Gasteiger partial charge is 0.254 e. The SMILES string of the molecule is COCCN(CCOC)C(=O)c1cc(S(=O)(=O)NC(C)(C)C)ccc1C. The van der Waals surface area contributed by atoms with Gasteiger partial charge in [-0.1, -0.05) is 6.07 Å². The van der Waals surface area contributed by atoms with E-state index in [4.69, 9.17) is 9.47 Å². The van der Waals surface area contributed by atoms with Crippen LogP contribution in [-0.2, 0) is 19.5 Å². The van der Waals surface area contributed by atoms with Gasteiger partial charge in [0.15, 0.2) is 0 Å². The van der Waals surface area contributed by atoms with Gasteiger partial charge in [0.1, 0.15) is 0 Å². The minimum Gasteiger partial charge on any atom is -0.383 e. The van der Waals surface area contributed by atoms with Gasteiger partial charge in [-0.3, -0.25) is 4.79 Å². The van der Waals surface area contributed by atoms with Crippen molar-refractivity contribution in [1.29, 1.82) is 0 Å². The van der Waals surface area contributed by atoms with E-state index >= 15 is 0 Å². The van der Waals surface area contributed by atoms with Gasteiger partial charge in [0.05, 0.1) is 18.1 Å². The van der Waals surface area contributed by atoms with Crippen molar-refractivity contribution in [3.63, 3.8) is 0 Å². The lowest BCUT2D eigenvalue weighted by molar-refractivity contribution is 0.0626. The Kier molecular flexibility index (Phi) is 8.20. The Morgan fingerprint density at radius 2 is 1.65 bits per heavy atom. The maximum atomic E-state index is 12.9. The van der Waals surface area contributed by atoms with Crippen LogP contribution in [0.4, 0.5) is 0 Å². The molecule has 1 aromatic rings. The molecule has 0 radical (unpaired) electrons. The second-order valence-electron chi connectivity index (χ2n) is 7.11. The standard InChI is InChI=1S/C18H30N2O5S/c1-14-7-8-15(26(22,23)19-18(2,3)4)13-16(14)17(21)20(9-11-24-5)10-12-25-6/h7-8,13,19H,9-12H2,1-6H3. The van der Waals surface area contributed by atoms with Gasteiger partial charge in [0.25, 0.3) is 5.91 Å². The topological polar surface area (TPSA) is 84.9 Å². The van der Waals surface area contributed by atoms with Gasteiger partial charge in [-0.05, 0) is 45.4 Å². The minimum atomic E-state index is -3.72. The normalized spacial score (nSPS) is 12.2. The van der Waals surface area contributed by atoms with Crippen molar-refractivity contribution in [2.75, 3.05) is 40.5 Å². The number of carbonyl (C=O) groups excluding carboxylic acids is 1. The number of hydrogen-bond donors (Lipinski definition) is 1. The number of nitrogens with one attached hydrogen (secondary N) is 1.